The molecule has 6 rings (SSSR count). The highest BCUT2D eigenvalue weighted by atomic mass is 32.1. The maximum Gasteiger partial charge on any atom is 0.408 e. The first-order valence-electron chi connectivity index (χ1n) is 23.0. The van der Waals surface area contributed by atoms with E-state index in [-0.39, 0.29) is 63.4 Å². The fourth-order valence-electron chi connectivity index (χ4n) is 8.10. The minimum absolute atomic E-state index is 0.0136. The lowest BCUT2D eigenvalue weighted by atomic mass is 9.85. The van der Waals surface area contributed by atoms with Crippen molar-refractivity contribution in [2.75, 3.05) is 13.1 Å². The Hall–Kier alpha value is -6.74. The molecule has 6 amide bonds. The first-order chi connectivity index (χ1) is 32.9. The zero-order chi connectivity index (χ0) is 49.8. The summed E-state index contributed by atoms with van der Waals surface area (Å²) in [5, 5.41) is 32.5. The molecule has 2 aromatic heterocycles. The van der Waals surface area contributed by atoms with Gasteiger partial charge in [0.05, 0.1) is 34.4 Å². The minimum Gasteiger partial charge on any atom is -0.487 e. The van der Waals surface area contributed by atoms with Crippen molar-refractivity contribution >= 4 is 53.3 Å². The highest BCUT2D eigenvalue weighted by Gasteiger charge is 2.44. The van der Waals surface area contributed by atoms with E-state index in [0.29, 0.717) is 42.7 Å². The molecule has 21 heteroatoms. The van der Waals surface area contributed by atoms with E-state index in [9.17, 15) is 38.7 Å². The van der Waals surface area contributed by atoms with Crippen molar-refractivity contribution in [2.24, 2.45) is 17.3 Å². The predicted octanol–water partition coefficient (Wildman–Crippen LogP) is 2.95. The normalized spacial score (nSPS) is 18.2. The average Bonchev–Trinajstić information content (AvgIpc) is 4.13. The number of ether oxygens (including phenoxy) is 2. The number of hydrogen-bond acceptors (Lipinski definition) is 14. The van der Waals surface area contributed by atoms with E-state index >= 15 is 0 Å². The van der Waals surface area contributed by atoms with Crippen molar-refractivity contribution in [3.63, 3.8) is 0 Å². The Morgan fingerprint density at radius 2 is 1.72 bits per heavy atom. The van der Waals surface area contributed by atoms with Crippen molar-refractivity contribution in [3.8, 4) is 16.2 Å². The van der Waals surface area contributed by atoms with Crippen LogP contribution in [0.15, 0.2) is 60.2 Å². The van der Waals surface area contributed by atoms with Gasteiger partial charge in [0.2, 0.25) is 29.5 Å². The molecular weight excluding hydrogens is 909 g/mol. The van der Waals surface area contributed by atoms with Crippen LogP contribution < -0.4 is 31.3 Å². The van der Waals surface area contributed by atoms with Crippen LogP contribution in [0.3, 0.4) is 0 Å². The highest BCUT2D eigenvalue weighted by molar-refractivity contribution is 7.13. The summed E-state index contributed by atoms with van der Waals surface area (Å²) >= 11 is 1.56. The van der Waals surface area contributed by atoms with Crippen LogP contribution in [0.1, 0.15) is 82.8 Å². The van der Waals surface area contributed by atoms with E-state index in [1.807, 2.05) is 45.0 Å². The molecule has 4 heterocycles. The van der Waals surface area contributed by atoms with E-state index in [4.69, 9.17) is 9.47 Å². The number of hydrogen-bond donors (Lipinski definition) is 6. The number of likely N-dealkylation sites (tertiary alicyclic amines) is 1. The third-order valence-electron chi connectivity index (χ3n) is 11.8. The van der Waals surface area contributed by atoms with Gasteiger partial charge in [0.15, 0.2) is 0 Å². The molecule has 0 aliphatic carbocycles. The SMILES string of the molecule is Cc1ncsc1-c1ccc(CNC(=O)[C@@H]2C[C@@H](O)CN2C(=O)[C@@H](NC(=O)Cn2cc(COc3ccc(COC(=O)N[C@@H](CC(C)C)C(=O)N[C@H](C=O)C[C@@H]4CCNC4=O)cc3)nn2)C(C)(C)C)cc1. The van der Waals surface area contributed by atoms with Crippen molar-refractivity contribution in [2.45, 2.75) is 124 Å². The number of carbonyl (C=O) groups is 7. The van der Waals surface area contributed by atoms with Gasteiger partial charge in [0.1, 0.15) is 55.6 Å². The maximum atomic E-state index is 14.1. The van der Waals surface area contributed by atoms with Crippen LogP contribution >= 0.6 is 11.3 Å². The van der Waals surface area contributed by atoms with Gasteiger partial charge in [0, 0.05) is 32.0 Å². The molecule has 69 heavy (non-hydrogen) atoms. The van der Waals surface area contributed by atoms with Gasteiger partial charge in [-0.05, 0) is 66.3 Å². The molecule has 370 valence electrons. The summed E-state index contributed by atoms with van der Waals surface area (Å²) in [6.07, 6.45) is 1.52. The first-order valence-corrected chi connectivity index (χ1v) is 23.9. The number of carbonyl (C=O) groups excluding carboxylic acids is 7. The smallest absolute Gasteiger partial charge is 0.408 e. The number of benzene rings is 2. The van der Waals surface area contributed by atoms with E-state index in [0.717, 1.165) is 21.7 Å². The first kappa shape index (κ1) is 51.6. The van der Waals surface area contributed by atoms with E-state index in [1.165, 1.54) is 9.58 Å². The van der Waals surface area contributed by atoms with Crippen molar-refractivity contribution < 1.29 is 48.1 Å². The van der Waals surface area contributed by atoms with Crippen molar-refractivity contribution in [3.05, 3.63) is 82.8 Å². The average molecular weight is 971 g/mol. The Morgan fingerprint density at radius 1 is 1.00 bits per heavy atom. The number of aliphatic hydroxyl groups excluding tert-OH is 1. The standard InChI is InChI=1S/C48H62N10O10S/c1-28(2)17-38(44(63)52-34(24-59)18-33-15-16-49-43(33)62)53-47(66)68-25-31-9-13-37(14-10-31)67-26-35-21-57(56-55-35)23-40(61)54-42(48(4,5)6)46(65)58-22-36(60)19-39(58)45(64)50-20-30-7-11-32(12-8-30)41-29(3)51-27-69-41/h7-14,21,24,27-28,33-34,36,38-39,42,60H,15-20,22-23,25-26H2,1-6H3,(H,49,62)(H,50,64)(H,52,63)(H,53,66)(H,54,61)/t33-,34-,36+,38-,39-,42+/m0/s1. The summed E-state index contributed by atoms with van der Waals surface area (Å²) in [5.74, 6) is -1.96. The number of nitrogens with one attached hydrogen (secondary N) is 5. The molecule has 6 atom stereocenters. The lowest BCUT2D eigenvalue weighted by molar-refractivity contribution is -0.144. The van der Waals surface area contributed by atoms with Crippen LogP contribution in [0, 0.1) is 24.2 Å². The number of amides is 6. The van der Waals surface area contributed by atoms with Gasteiger partial charge >= 0.3 is 6.09 Å². The molecule has 4 aromatic rings. The van der Waals surface area contributed by atoms with Gasteiger partial charge in [-0.2, -0.15) is 0 Å². The van der Waals surface area contributed by atoms with Gasteiger partial charge in [-0.25, -0.2) is 14.5 Å². The van der Waals surface area contributed by atoms with Crippen LogP contribution in [-0.4, -0.2) is 115 Å². The Bertz CT molecular complexity index is 2430. The molecule has 0 unspecified atom stereocenters. The number of aldehydes is 1. The van der Waals surface area contributed by atoms with Gasteiger partial charge in [-0.1, -0.05) is 76.2 Å². The second-order valence-electron chi connectivity index (χ2n) is 19.0. The van der Waals surface area contributed by atoms with Crippen LogP contribution in [0.25, 0.3) is 10.4 Å². The number of aliphatic hydroxyl groups is 1. The lowest BCUT2D eigenvalue weighted by Crippen LogP contribution is -2.58. The Balaban J connectivity index is 0.946. The second kappa shape index (κ2) is 23.5. The molecule has 2 saturated heterocycles. The molecular formula is C48H62N10O10S. The molecule has 2 fully saturated rings. The van der Waals surface area contributed by atoms with E-state index in [1.54, 1.807) is 68.1 Å². The van der Waals surface area contributed by atoms with E-state index < -0.39 is 65.4 Å². The fourth-order valence-corrected chi connectivity index (χ4v) is 8.91. The summed E-state index contributed by atoms with van der Waals surface area (Å²) in [4.78, 5) is 97.2. The van der Waals surface area contributed by atoms with Crippen LogP contribution in [0.2, 0.25) is 0 Å². The highest BCUT2D eigenvalue weighted by Crippen LogP contribution is 2.29. The van der Waals surface area contributed by atoms with Gasteiger partial charge in [-0.15, -0.1) is 16.4 Å². The maximum absolute atomic E-state index is 14.1. The number of aryl methyl sites for hydroxylation is 1. The Kier molecular flexibility index (Phi) is 17.6. The predicted molar refractivity (Wildman–Crippen MR) is 253 cm³/mol. The van der Waals surface area contributed by atoms with E-state index in [2.05, 4.69) is 41.9 Å². The third kappa shape index (κ3) is 14.6. The Labute approximate surface area is 404 Å². The van der Waals surface area contributed by atoms with Crippen LogP contribution in [0.5, 0.6) is 5.75 Å². The molecule has 0 saturated carbocycles. The minimum atomic E-state index is -1.03. The Morgan fingerprint density at radius 3 is 2.36 bits per heavy atom. The zero-order valence-electron chi connectivity index (χ0n) is 39.7. The second-order valence-corrected chi connectivity index (χ2v) is 19.8. The van der Waals surface area contributed by atoms with Gasteiger partial charge < -0.3 is 50.9 Å². The molecule has 2 aromatic carbocycles. The molecule has 20 nitrogen and oxygen atoms in total. The number of alkyl carbamates (subject to hydrolysis) is 1. The number of nitrogens with zero attached hydrogens (tertiary/aromatic N) is 5. The summed E-state index contributed by atoms with van der Waals surface area (Å²) in [6.45, 7) is 11.5. The molecule has 6 N–H and O–H groups in total. The zero-order valence-corrected chi connectivity index (χ0v) is 40.5. The third-order valence-corrected chi connectivity index (χ3v) is 12.8. The summed E-state index contributed by atoms with van der Waals surface area (Å²) in [5.41, 5.74) is 4.95. The topological polar surface area (TPSA) is 265 Å². The number of rotatable bonds is 21. The van der Waals surface area contributed by atoms with Crippen molar-refractivity contribution in [1.82, 2.24) is 51.5 Å². The molecule has 0 radical (unpaired) electrons. The quantitative estimate of drug-likeness (QED) is 0.0657. The monoisotopic (exact) mass is 970 g/mol. The molecule has 0 spiro atoms. The molecule has 0 bridgehead atoms. The van der Waals surface area contributed by atoms with Gasteiger partial charge in [0.25, 0.3) is 0 Å². The molecule has 2 aliphatic heterocycles. The number of β-amino-alcohol motifs (C(OH)–C–C–N with tert-alkyl or cyclic N) is 1. The number of thiazole rings is 1. The summed E-state index contributed by atoms with van der Waals surface area (Å²) < 4.78 is 12.6. The van der Waals surface area contributed by atoms with Crippen LogP contribution in [0.4, 0.5) is 4.79 Å². The summed E-state index contributed by atoms with van der Waals surface area (Å²) in [6, 6.07) is 10.8. The van der Waals surface area contributed by atoms with Gasteiger partial charge in [-0.3, -0.25) is 24.0 Å². The largest absolute Gasteiger partial charge is 0.487 e. The summed E-state index contributed by atoms with van der Waals surface area (Å²) in [7, 11) is 0. The fraction of sp³-hybridized carbons (Fsp3) is 0.500. The number of aromatic nitrogens is 4. The molecule has 2 aliphatic rings. The lowest BCUT2D eigenvalue weighted by Gasteiger charge is -2.35. The van der Waals surface area contributed by atoms with Crippen molar-refractivity contribution in [1.29, 1.82) is 0 Å². The van der Waals surface area contributed by atoms with Crippen LogP contribution in [-0.2, 0) is 59.8 Å².